The molecule has 1 aliphatic rings. The van der Waals surface area contributed by atoms with Crippen molar-refractivity contribution in [3.63, 3.8) is 0 Å². The summed E-state index contributed by atoms with van der Waals surface area (Å²) in [7, 11) is -4.10. The van der Waals surface area contributed by atoms with Crippen LogP contribution in [0.5, 0.6) is 0 Å². The van der Waals surface area contributed by atoms with Gasteiger partial charge in [0.15, 0.2) is 0 Å². The lowest BCUT2D eigenvalue weighted by molar-refractivity contribution is 0.547. The molecule has 26 heavy (non-hydrogen) atoms. The molecule has 0 saturated carbocycles. The molecule has 1 aromatic heterocycles. The van der Waals surface area contributed by atoms with Crippen LogP contribution in [0.25, 0.3) is 11.1 Å². The van der Waals surface area contributed by atoms with Gasteiger partial charge >= 0.3 is 0 Å². The van der Waals surface area contributed by atoms with Crippen LogP contribution in [0.15, 0.2) is 65.8 Å². The smallest absolute Gasteiger partial charge is 0.266 e. The quantitative estimate of drug-likeness (QED) is 0.703. The van der Waals surface area contributed by atoms with Gasteiger partial charge in [-0.2, -0.15) is 0 Å². The zero-order chi connectivity index (χ0) is 18.3. The number of aromatic nitrogens is 1. The minimum atomic E-state index is -4.10. The van der Waals surface area contributed by atoms with Crippen LogP contribution in [0.2, 0.25) is 0 Å². The van der Waals surface area contributed by atoms with Gasteiger partial charge in [-0.3, -0.25) is 9.29 Å². The molecule has 0 fully saturated rings. The molecular formula is C19H14F2N2O2S. The third kappa shape index (κ3) is 2.74. The van der Waals surface area contributed by atoms with E-state index in [4.69, 9.17) is 0 Å². The summed E-state index contributed by atoms with van der Waals surface area (Å²) in [6.45, 7) is 0.217. The van der Waals surface area contributed by atoms with Crippen molar-refractivity contribution < 1.29 is 17.2 Å². The zero-order valence-corrected chi connectivity index (χ0v) is 14.4. The maximum Gasteiger partial charge on any atom is 0.267 e. The minimum absolute atomic E-state index is 0.217. The monoisotopic (exact) mass is 372 g/mol. The number of anilines is 1. The molecule has 0 saturated heterocycles. The van der Waals surface area contributed by atoms with Crippen molar-refractivity contribution in [1.29, 1.82) is 0 Å². The van der Waals surface area contributed by atoms with E-state index in [1.54, 1.807) is 18.5 Å². The van der Waals surface area contributed by atoms with Gasteiger partial charge in [-0.25, -0.2) is 17.2 Å². The van der Waals surface area contributed by atoms with Crippen LogP contribution < -0.4 is 4.31 Å². The number of sulfonamides is 1. The Morgan fingerprint density at radius 1 is 0.923 bits per heavy atom. The Morgan fingerprint density at radius 2 is 1.69 bits per heavy atom. The van der Waals surface area contributed by atoms with Crippen LogP contribution in [-0.4, -0.2) is 19.9 Å². The molecule has 7 heteroatoms. The molecule has 0 bridgehead atoms. The van der Waals surface area contributed by atoms with E-state index in [9.17, 15) is 17.2 Å². The lowest BCUT2D eigenvalue weighted by atomic mass is 10.0. The number of benzene rings is 2. The highest BCUT2D eigenvalue weighted by Crippen LogP contribution is 2.36. The molecule has 132 valence electrons. The molecule has 0 unspecified atom stereocenters. The van der Waals surface area contributed by atoms with Gasteiger partial charge in [-0.1, -0.05) is 6.07 Å². The molecule has 0 spiro atoms. The summed E-state index contributed by atoms with van der Waals surface area (Å²) in [6, 6.07) is 11.7. The molecule has 2 aromatic carbocycles. The topological polar surface area (TPSA) is 50.3 Å². The average molecular weight is 372 g/mol. The van der Waals surface area contributed by atoms with Gasteiger partial charge < -0.3 is 0 Å². The zero-order valence-electron chi connectivity index (χ0n) is 13.6. The van der Waals surface area contributed by atoms with Crippen molar-refractivity contribution in [3.05, 3.63) is 78.1 Å². The minimum Gasteiger partial charge on any atom is -0.266 e. The summed E-state index contributed by atoms with van der Waals surface area (Å²) in [5.41, 5.74) is 3.32. The second-order valence-electron chi connectivity index (χ2n) is 5.98. The largest absolute Gasteiger partial charge is 0.267 e. The standard InChI is InChI=1S/C19H14F2N2O2S/c20-16-2-4-19(17(21)12-16)26(24,25)23-10-7-15-11-14(1-3-18(15)23)13-5-8-22-9-6-13/h1-6,8-9,11-12H,7,10H2. The first kappa shape index (κ1) is 16.7. The average Bonchev–Trinajstić information content (AvgIpc) is 3.06. The molecule has 0 aliphatic carbocycles. The summed E-state index contributed by atoms with van der Waals surface area (Å²) in [4.78, 5) is 3.46. The lowest BCUT2D eigenvalue weighted by Gasteiger charge is -2.20. The number of hydrogen-bond donors (Lipinski definition) is 0. The molecule has 1 aliphatic heterocycles. The van der Waals surface area contributed by atoms with Gasteiger partial charge in [-0.05, 0) is 59.5 Å². The van der Waals surface area contributed by atoms with Gasteiger partial charge in [0, 0.05) is 25.0 Å². The predicted octanol–water partition coefficient (Wildman–Crippen LogP) is 3.78. The number of pyridine rings is 1. The van der Waals surface area contributed by atoms with E-state index in [2.05, 4.69) is 4.98 Å². The highest BCUT2D eigenvalue weighted by Gasteiger charge is 2.33. The fourth-order valence-electron chi connectivity index (χ4n) is 3.15. The van der Waals surface area contributed by atoms with Crippen molar-refractivity contribution in [2.45, 2.75) is 11.3 Å². The van der Waals surface area contributed by atoms with E-state index in [1.165, 1.54) is 4.31 Å². The third-order valence-corrected chi connectivity index (χ3v) is 6.25. The van der Waals surface area contributed by atoms with Crippen molar-refractivity contribution in [3.8, 4) is 11.1 Å². The van der Waals surface area contributed by atoms with E-state index in [-0.39, 0.29) is 6.54 Å². The van der Waals surface area contributed by atoms with Crippen LogP contribution in [0, 0.1) is 11.6 Å². The van der Waals surface area contributed by atoms with Crippen LogP contribution >= 0.6 is 0 Å². The van der Waals surface area contributed by atoms with Crippen LogP contribution in [-0.2, 0) is 16.4 Å². The van der Waals surface area contributed by atoms with E-state index in [0.717, 1.165) is 28.8 Å². The molecule has 0 atom stereocenters. The van der Waals surface area contributed by atoms with Gasteiger partial charge in [-0.15, -0.1) is 0 Å². The van der Waals surface area contributed by atoms with E-state index in [1.807, 2.05) is 24.3 Å². The van der Waals surface area contributed by atoms with Crippen molar-refractivity contribution in [1.82, 2.24) is 4.98 Å². The first-order chi connectivity index (χ1) is 12.5. The van der Waals surface area contributed by atoms with Gasteiger partial charge in [0.2, 0.25) is 0 Å². The molecule has 4 nitrogen and oxygen atoms in total. The molecule has 2 heterocycles. The first-order valence-corrected chi connectivity index (χ1v) is 9.42. The van der Waals surface area contributed by atoms with Crippen molar-refractivity contribution >= 4 is 15.7 Å². The summed E-state index contributed by atoms with van der Waals surface area (Å²) in [5, 5.41) is 0. The molecule has 0 N–H and O–H groups in total. The maximum absolute atomic E-state index is 14.0. The maximum atomic E-state index is 14.0. The Morgan fingerprint density at radius 3 is 2.42 bits per heavy atom. The molecular weight excluding hydrogens is 358 g/mol. The van der Waals surface area contributed by atoms with E-state index < -0.39 is 26.6 Å². The molecule has 4 rings (SSSR count). The molecule has 0 radical (unpaired) electrons. The number of hydrogen-bond acceptors (Lipinski definition) is 3. The summed E-state index contributed by atoms with van der Waals surface area (Å²) in [6.07, 6.45) is 3.91. The number of nitrogens with zero attached hydrogens (tertiary/aromatic N) is 2. The number of fused-ring (bicyclic) bond motifs is 1. The normalized spacial score (nSPS) is 13.7. The van der Waals surface area contributed by atoms with Crippen LogP contribution in [0.1, 0.15) is 5.56 Å². The Bertz CT molecular complexity index is 1090. The predicted molar refractivity (Wildman–Crippen MR) is 94.3 cm³/mol. The summed E-state index contributed by atoms with van der Waals surface area (Å²) in [5.74, 6) is -1.91. The summed E-state index contributed by atoms with van der Waals surface area (Å²) < 4.78 is 54.0. The second-order valence-corrected chi connectivity index (χ2v) is 7.81. The van der Waals surface area contributed by atoms with Crippen LogP contribution in [0.3, 0.4) is 0 Å². The Kier molecular flexibility index (Phi) is 3.96. The fourth-order valence-corrected chi connectivity index (χ4v) is 4.70. The SMILES string of the molecule is O=S(=O)(c1ccc(F)cc1F)N1CCc2cc(-c3ccncc3)ccc21. The fraction of sp³-hybridized carbons (Fsp3) is 0.105. The van der Waals surface area contributed by atoms with Gasteiger partial charge in [0.25, 0.3) is 10.0 Å². The third-order valence-electron chi connectivity index (χ3n) is 4.41. The van der Waals surface area contributed by atoms with E-state index in [0.29, 0.717) is 18.2 Å². The second kappa shape index (κ2) is 6.17. The molecule has 0 amide bonds. The highest BCUT2D eigenvalue weighted by molar-refractivity contribution is 7.92. The Hall–Kier alpha value is -2.80. The van der Waals surface area contributed by atoms with Crippen molar-refractivity contribution in [2.75, 3.05) is 10.8 Å². The summed E-state index contributed by atoms with van der Waals surface area (Å²) >= 11 is 0. The van der Waals surface area contributed by atoms with Crippen LogP contribution in [0.4, 0.5) is 14.5 Å². The van der Waals surface area contributed by atoms with Gasteiger partial charge in [0.05, 0.1) is 5.69 Å². The first-order valence-electron chi connectivity index (χ1n) is 7.98. The highest BCUT2D eigenvalue weighted by atomic mass is 32.2. The molecule has 3 aromatic rings. The Balaban J connectivity index is 1.74. The number of rotatable bonds is 3. The van der Waals surface area contributed by atoms with E-state index >= 15 is 0 Å². The van der Waals surface area contributed by atoms with Gasteiger partial charge in [0.1, 0.15) is 16.5 Å². The van der Waals surface area contributed by atoms with Crippen molar-refractivity contribution in [2.24, 2.45) is 0 Å². The lowest BCUT2D eigenvalue weighted by Crippen LogP contribution is -2.29. The Labute approximate surface area is 149 Å². The number of halogens is 2.